The number of benzene rings is 1. The average molecular weight is 275 g/mol. The van der Waals surface area contributed by atoms with Crippen LogP contribution in [0.3, 0.4) is 0 Å². The topological polar surface area (TPSA) is 60.2 Å². The molecule has 1 aliphatic carbocycles. The van der Waals surface area contributed by atoms with E-state index < -0.39 is 37.7 Å². The summed E-state index contributed by atoms with van der Waals surface area (Å²) in [5.41, 5.74) is 5.81. The summed E-state index contributed by atoms with van der Waals surface area (Å²) in [5.74, 6) is -1.84. The van der Waals surface area contributed by atoms with Gasteiger partial charge in [-0.05, 0) is 25.0 Å². The average Bonchev–Trinajstić information content (AvgIpc) is 2.28. The highest BCUT2D eigenvalue weighted by Gasteiger charge is 2.36. The van der Waals surface area contributed by atoms with Crippen molar-refractivity contribution in [1.29, 1.82) is 0 Å². The van der Waals surface area contributed by atoms with Crippen molar-refractivity contribution in [2.45, 2.75) is 41.9 Å². The van der Waals surface area contributed by atoms with Gasteiger partial charge < -0.3 is 5.73 Å². The standard InChI is InChI=1S/C12H15F2NO2S/c13-8-5-6-11(9(14)7-8)18(16,17)12-4-2-1-3-10(12)15/h5-7,10,12H,1-4,15H2. The first-order chi connectivity index (χ1) is 8.43. The van der Waals surface area contributed by atoms with E-state index in [1.165, 1.54) is 0 Å². The normalized spacial score (nSPS) is 25.1. The highest BCUT2D eigenvalue weighted by atomic mass is 32.2. The van der Waals surface area contributed by atoms with Crippen LogP contribution in [0.5, 0.6) is 0 Å². The van der Waals surface area contributed by atoms with Crippen LogP contribution in [0.15, 0.2) is 23.1 Å². The molecule has 1 aromatic carbocycles. The number of nitrogens with two attached hydrogens (primary N) is 1. The molecule has 18 heavy (non-hydrogen) atoms. The molecular weight excluding hydrogens is 260 g/mol. The fourth-order valence-corrected chi connectivity index (χ4v) is 4.37. The zero-order valence-corrected chi connectivity index (χ0v) is 10.6. The van der Waals surface area contributed by atoms with Crippen molar-refractivity contribution in [2.75, 3.05) is 0 Å². The van der Waals surface area contributed by atoms with Crippen molar-refractivity contribution in [3.63, 3.8) is 0 Å². The zero-order chi connectivity index (χ0) is 13.3. The second-order valence-electron chi connectivity index (χ2n) is 4.61. The van der Waals surface area contributed by atoms with E-state index in [-0.39, 0.29) is 0 Å². The van der Waals surface area contributed by atoms with Crippen LogP contribution in [-0.4, -0.2) is 19.7 Å². The summed E-state index contributed by atoms with van der Waals surface area (Å²) in [6.07, 6.45) is 2.70. The Balaban J connectivity index is 2.41. The van der Waals surface area contributed by atoms with Gasteiger partial charge in [-0.25, -0.2) is 17.2 Å². The molecule has 0 aromatic heterocycles. The first kappa shape index (κ1) is 13.4. The summed E-state index contributed by atoms with van der Waals surface area (Å²) in [5, 5.41) is -0.772. The molecule has 1 aliphatic rings. The minimum atomic E-state index is -3.83. The Morgan fingerprint density at radius 1 is 1.17 bits per heavy atom. The van der Waals surface area contributed by atoms with Gasteiger partial charge in [0.1, 0.15) is 16.5 Å². The number of hydrogen-bond acceptors (Lipinski definition) is 3. The molecule has 6 heteroatoms. The Labute approximate surface area is 105 Å². The third kappa shape index (κ3) is 2.40. The second kappa shape index (κ2) is 4.93. The summed E-state index contributed by atoms with van der Waals surface area (Å²) in [7, 11) is -3.83. The van der Waals surface area contributed by atoms with E-state index in [4.69, 9.17) is 5.73 Å². The lowest BCUT2D eigenvalue weighted by atomic mass is 9.96. The van der Waals surface area contributed by atoms with Gasteiger partial charge in [0, 0.05) is 12.1 Å². The van der Waals surface area contributed by atoms with Gasteiger partial charge >= 0.3 is 0 Å². The van der Waals surface area contributed by atoms with Gasteiger partial charge in [0.25, 0.3) is 0 Å². The van der Waals surface area contributed by atoms with Crippen LogP contribution < -0.4 is 5.73 Å². The first-order valence-electron chi connectivity index (χ1n) is 5.87. The summed E-state index contributed by atoms with van der Waals surface area (Å²) in [6, 6.07) is 2.03. The molecule has 1 saturated carbocycles. The predicted octanol–water partition coefficient (Wildman–Crippen LogP) is 2.01. The van der Waals surface area contributed by atoms with E-state index >= 15 is 0 Å². The molecule has 2 rings (SSSR count). The van der Waals surface area contributed by atoms with Crippen molar-refractivity contribution in [3.8, 4) is 0 Å². The fraction of sp³-hybridized carbons (Fsp3) is 0.500. The zero-order valence-electron chi connectivity index (χ0n) is 9.77. The molecular formula is C12H15F2NO2S. The van der Waals surface area contributed by atoms with Gasteiger partial charge in [0.15, 0.2) is 9.84 Å². The molecule has 2 unspecified atom stereocenters. The smallest absolute Gasteiger partial charge is 0.185 e. The Morgan fingerprint density at radius 3 is 2.44 bits per heavy atom. The van der Waals surface area contributed by atoms with E-state index in [0.717, 1.165) is 25.0 Å². The fourth-order valence-electron chi connectivity index (χ4n) is 2.38. The van der Waals surface area contributed by atoms with Crippen LogP contribution in [0.4, 0.5) is 8.78 Å². The Hall–Kier alpha value is -1.01. The van der Waals surface area contributed by atoms with Gasteiger partial charge in [-0.15, -0.1) is 0 Å². The molecule has 0 spiro atoms. The molecule has 100 valence electrons. The van der Waals surface area contributed by atoms with Crippen LogP contribution in [0.1, 0.15) is 25.7 Å². The van der Waals surface area contributed by atoms with E-state index in [9.17, 15) is 17.2 Å². The highest BCUT2D eigenvalue weighted by Crippen LogP contribution is 2.29. The molecule has 2 atom stereocenters. The van der Waals surface area contributed by atoms with E-state index in [0.29, 0.717) is 18.9 Å². The molecule has 0 heterocycles. The minimum Gasteiger partial charge on any atom is -0.327 e. The van der Waals surface area contributed by atoms with Crippen LogP contribution in [0, 0.1) is 11.6 Å². The number of sulfone groups is 1. The monoisotopic (exact) mass is 275 g/mol. The lowest BCUT2D eigenvalue weighted by Crippen LogP contribution is -2.43. The SMILES string of the molecule is NC1CCCCC1S(=O)(=O)c1ccc(F)cc1F. The Morgan fingerprint density at radius 2 is 1.83 bits per heavy atom. The number of hydrogen-bond donors (Lipinski definition) is 1. The molecule has 3 nitrogen and oxygen atoms in total. The molecule has 0 amide bonds. The van der Waals surface area contributed by atoms with Gasteiger partial charge in [0.05, 0.1) is 5.25 Å². The van der Waals surface area contributed by atoms with Crippen LogP contribution >= 0.6 is 0 Å². The Bertz CT molecular complexity index is 545. The molecule has 2 N–H and O–H groups in total. The second-order valence-corrected chi connectivity index (χ2v) is 6.74. The highest BCUT2D eigenvalue weighted by molar-refractivity contribution is 7.92. The molecule has 0 radical (unpaired) electrons. The maximum Gasteiger partial charge on any atom is 0.185 e. The first-order valence-corrected chi connectivity index (χ1v) is 7.42. The van der Waals surface area contributed by atoms with Crippen molar-refractivity contribution < 1.29 is 17.2 Å². The third-order valence-corrected chi connectivity index (χ3v) is 5.68. The minimum absolute atomic E-state index is 0.431. The predicted molar refractivity (Wildman–Crippen MR) is 63.8 cm³/mol. The van der Waals surface area contributed by atoms with Crippen LogP contribution in [-0.2, 0) is 9.84 Å². The van der Waals surface area contributed by atoms with Crippen LogP contribution in [0.2, 0.25) is 0 Å². The molecule has 1 aromatic rings. The quantitative estimate of drug-likeness (QED) is 0.840. The number of rotatable bonds is 2. The van der Waals surface area contributed by atoms with Crippen molar-refractivity contribution in [2.24, 2.45) is 5.73 Å². The molecule has 0 bridgehead atoms. The van der Waals surface area contributed by atoms with Crippen LogP contribution in [0.25, 0.3) is 0 Å². The summed E-state index contributed by atoms with van der Waals surface area (Å²) in [6.45, 7) is 0. The van der Waals surface area contributed by atoms with E-state index in [1.807, 2.05) is 0 Å². The van der Waals surface area contributed by atoms with Gasteiger partial charge in [-0.1, -0.05) is 12.8 Å². The van der Waals surface area contributed by atoms with Gasteiger partial charge in [0.2, 0.25) is 0 Å². The third-order valence-electron chi connectivity index (χ3n) is 3.35. The van der Waals surface area contributed by atoms with Crippen molar-refractivity contribution >= 4 is 9.84 Å². The maximum absolute atomic E-state index is 13.6. The molecule has 0 saturated heterocycles. The van der Waals surface area contributed by atoms with E-state index in [1.54, 1.807) is 0 Å². The summed E-state index contributed by atoms with van der Waals surface area (Å²) < 4.78 is 50.9. The molecule has 1 fully saturated rings. The van der Waals surface area contributed by atoms with Crippen molar-refractivity contribution in [1.82, 2.24) is 0 Å². The molecule has 0 aliphatic heterocycles. The van der Waals surface area contributed by atoms with Gasteiger partial charge in [-0.2, -0.15) is 0 Å². The van der Waals surface area contributed by atoms with Gasteiger partial charge in [-0.3, -0.25) is 0 Å². The summed E-state index contributed by atoms with van der Waals surface area (Å²) >= 11 is 0. The number of halogens is 2. The lowest BCUT2D eigenvalue weighted by Gasteiger charge is -2.28. The van der Waals surface area contributed by atoms with Crippen molar-refractivity contribution in [3.05, 3.63) is 29.8 Å². The maximum atomic E-state index is 13.6. The summed E-state index contributed by atoms with van der Waals surface area (Å²) in [4.78, 5) is -0.453. The Kier molecular flexibility index (Phi) is 3.68. The van der Waals surface area contributed by atoms with E-state index in [2.05, 4.69) is 0 Å². The largest absolute Gasteiger partial charge is 0.327 e. The lowest BCUT2D eigenvalue weighted by molar-refractivity contribution is 0.430.